The standard InChI is InChI=1S/C31H30N4O3S/c1-38-31(37)29-16-15-28(39-29)24-11-13-26(14-12-24)35(30(36)25-5-3-2-4-6-25)20-27-18-33-21-34(27)19-23-9-7-22(17-32)8-10-23/h7-16,18,21,25H,2-6,19-20H2,1H3. The van der Waals surface area contributed by atoms with Crippen LogP contribution in [0.25, 0.3) is 10.4 Å². The van der Waals surface area contributed by atoms with Crippen LogP contribution in [0.2, 0.25) is 0 Å². The van der Waals surface area contributed by atoms with Crippen molar-refractivity contribution in [1.29, 1.82) is 5.26 Å². The van der Waals surface area contributed by atoms with Crippen molar-refractivity contribution >= 4 is 28.9 Å². The lowest BCUT2D eigenvalue weighted by Crippen LogP contribution is -2.37. The highest BCUT2D eigenvalue weighted by molar-refractivity contribution is 7.17. The predicted octanol–water partition coefficient (Wildman–Crippen LogP) is 6.43. The second kappa shape index (κ2) is 12.1. The van der Waals surface area contributed by atoms with E-state index in [1.165, 1.54) is 24.9 Å². The van der Waals surface area contributed by atoms with Gasteiger partial charge < -0.3 is 14.2 Å². The number of anilines is 1. The van der Waals surface area contributed by atoms with Crippen molar-refractivity contribution in [3.05, 3.63) is 94.9 Å². The van der Waals surface area contributed by atoms with Crippen LogP contribution in [0.3, 0.4) is 0 Å². The van der Waals surface area contributed by atoms with E-state index in [0.29, 0.717) is 23.5 Å². The largest absolute Gasteiger partial charge is 0.465 e. The number of rotatable bonds is 8. The maximum Gasteiger partial charge on any atom is 0.348 e. The monoisotopic (exact) mass is 538 g/mol. The molecule has 5 rings (SSSR count). The molecule has 0 saturated heterocycles. The van der Waals surface area contributed by atoms with Gasteiger partial charge in [0.1, 0.15) is 4.88 Å². The average molecular weight is 539 g/mol. The van der Waals surface area contributed by atoms with E-state index in [2.05, 4.69) is 15.6 Å². The zero-order valence-corrected chi connectivity index (χ0v) is 22.7. The Morgan fingerprint density at radius 1 is 1.05 bits per heavy atom. The van der Waals surface area contributed by atoms with E-state index in [-0.39, 0.29) is 17.8 Å². The summed E-state index contributed by atoms with van der Waals surface area (Å²) in [5.74, 6) is -0.171. The van der Waals surface area contributed by atoms with E-state index in [0.717, 1.165) is 53.1 Å². The van der Waals surface area contributed by atoms with E-state index >= 15 is 0 Å². The van der Waals surface area contributed by atoms with Gasteiger partial charge in [-0.3, -0.25) is 4.79 Å². The molecule has 0 radical (unpaired) electrons. The molecule has 2 heterocycles. The minimum atomic E-state index is -0.343. The fourth-order valence-electron chi connectivity index (χ4n) is 5.04. The third-order valence-corrected chi connectivity index (χ3v) is 8.35. The third kappa shape index (κ3) is 6.10. The normalized spacial score (nSPS) is 13.5. The lowest BCUT2D eigenvalue weighted by atomic mass is 9.88. The van der Waals surface area contributed by atoms with E-state index in [9.17, 15) is 9.59 Å². The number of hydrogen-bond acceptors (Lipinski definition) is 6. The summed E-state index contributed by atoms with van der Waals surface area (Å²) in [4.78, 5) is 33.5. The maximum absolute atomic E-state index is 13.8. The number of hydrogen-bond donors (Lipinski definition) is 0. The summed E-state index contributed by atoms with van der Waals surface area (Å²) in [6.45, 7) is 1.02. The van der Waals surface area contributed by atoms with Crippen LogP contribution < -0.4 is 4.90 Å². The van der Waals surface area contributed by atoms with Crippen molar-refractivity contribution in [2.24, 2.45) is 5.92 Å². The number of benzene rings is 2. The molecule has 0 aliphatic heterocycles. The van der Waals surface area contributed by atoms with Crippen molar-refractivity contribution in [3.63, 3.8) is 0 Å². The molecule has 2 aromatic carbocycles. The Morgan fingerprint density at radius 3 is 2.49 bits per heavy atom. The number of carbonyl (C=O) groups is 2. The number of ether oxygens (including phenoxy) is 1. The molecule has 1 aliphatic carbocycles. The van der Waals surface area contributed by atoms with Gasteiger partial charge in [0.05, 0.1) is 37.3 Å². The molecule has 0 atom stereocenters. The van der Waals surface area contributed by atoms with Gasteiger partial charge in [-0.25, -0.2) is 9.78 Å². The molecule has 4 aromatic rings. The highest BCUT2D eigenvalue weighted by Gasteiger charge is 2.28. The number of carbonyl (C=O) groups excluding carboxylic acids is 2. The zero-order chi connectivity index (χ0) is 27.2. The zero-order valence-electron chi connectivity index (χ0n) is 21.9. The summed E-state index contributed by atoms with van der Waals surface area (Å²) in [6.07, 6.45) is 8.80. The second-order valence-electron chi connectivity index (χ2n) is 9.78. The number of amides is 1. The summed E-state index contributed by atoms with van der Waals surface area (Å²) in [7, 11) is 1.38. The van der Waals surface area contributed by atoms with Gasteiger partial charge in [0.25, 0.3) is 0 Å². The van der Waals surface area contributed by atoms with Gasteiger partial charge in [0.2, 0.25) is 5.91 Å². The Balaban J connectivity index is 1.40. The number of methoxy groups -OCH3 is 1. The van der Waals surface area contributed by atoms with Crippen LogP contribution in [-0.2, 0) is 22.6 Å². The number of nitrogens with zero attached hydrogens (tertiary/aromatic N) is 4. The molecular formula is C31H30N4O3S. The molecule has 0 N–H and O–H groups in total. The molecule has 1 fully saturated rings. The molecule has 8 heteroatoms. The highest BCUT2D eigenvalue weighted by Crippen LogP contribution is 2.32. The summed E-state index contributed by atoms with van der Waals surface area (Å²) >= 11 is 1.39. The number of thiophene rings is 1. The molecule has 198 valence electrons. The first-order valence-electron chi connectivity index (χ1n) is 13.1. The number of aromatic nitrogens is 2. The quantitative estimate of drug-likeness (QED) is 0.241. The molecule has 1 saturated carbocycles. The van der Waals surface area contributed by atoms with Crippen LogP contribution in [-0.4, -0.2) is 28.5 Å². The van der Waals surface area contributed by atoms with Gasteiger partial charge in [-0.05, 0) is 60.4 Å². The lowest BCUT2D eigenvalue weighted by molar-refractivity contribution is -0.123. The molecule has 7 nitrogen and oxygen atoms in total. The molecule has 0 unspecified atom stereocenters. The van der Waals surface area contributed by atoms with Crippen LogP contribution in [0.15, 0.2) is 73.2 Å². The summed E-state index contributed by atoms with van der Waals surface area (Å²) in [5, 5.41) is 9.09. The molecule has 39 heavy (non-hydrogen) atoms. The maximum atomic E-state index is 13.8. The average Bonchev–Trinajstić information content (AvgIpc) is 3.66. The predicted molar refractivity (Wildman–Crippen MR) is 151 cm³/mol. The van der Waals surface area contributed by atoms with Gasteiger partial charge in [0.15, 0.2) is 0 Å². The molecule has 2 aromatic heterocycles. The fraction of sp³-hybridized carbons (Fsp3) is 0.290. The van der Waals surface area contributed by atoms with Gasteiger partial charge >= 0.3 is 5.97 Å². The Labute approximate surface area is 232 Å². The highest BCUT2D eigenvalue weighted by atomic mass is 32.1. The van der Waals surface area contributed by atoms with Crippen LogP contribution in [0, 0.1) is 17.2 Å². The summed E-state index contributed by atoms with van der Waals surface area (Å²) in [5.41, 5.74) is 4.44. The first kappa shape index (κ1) is 26.4. The lowest BCUT2D eigenvalue weighted by Gasteiger charge is -2.30. The van der Waals surface area contributed by atoms with Crippen LogP contribution >= 0.6 is 11.3 Å². The Kier molecular flexibility index (Phi) is 8.18. The Hall–Kier alpha value is -4.22. The van der Waals surface area contributed by atoms with Gasteiger partial charge in [0, 0.05) is 29.2 Å². The summed E-state index contributed by atoms with van der Waals surface area (Å²) < 4.78 is 6.89. The number of nitriles is 1. The van der Waals surface area contributed by atoms with Crippen molar-refractivity contribution in [1.82, 2.24) is 9.55 Å². The smallest absolute Gasteiger partial charge is 0.348 e. The molecular weight excluding hydrogens is 508 g/mol. The minimum Gasteiger partial charge on any atom is -0.465 e. The fourth-order valence-corrected chi connectivity index (χ4v) is 5.97. The van der Waals surface area contributed by atoms with E-state index in [1.807, 2.05) is 65.7 Å². The Morgan fingerprint density at radius 2 is 1.79 bits per heavy atom. The van der Waals surface area contributed by atoms with Crippen molar-refractivity contribution in [2.45, 2.75) is 45.2 Å². The van der Waals surface area contributed by atoms with Crippen LogP contribution in [0.4, 0.5) is 5.69 Å². The van der Waals surface area contributed by atoms with Gasteiger partial charge in [-0.15, -0.1) is 11.3 Å². The molecule has 1 amide bonds. The Bertz CT molecular complexity index is 1480. The topological polar surface area (TPSA) is 88.2 Å². The second-order valence-corrected chi connectivity index (χ2v) is 10.9. The molecule has 1 aliphatic rings. The molecule has 0 bridgehead atoms. The first-order valence-corrected chi connectivity index (χ1v) is 14.0. The van der Waals surface area contributed by atoms with Crippen molar-refractivity contribution in [3.8, 4) is 16.5 Å². The van der Waals surface area contributed by atoms with E-state index in [1.54, 1.807) is 12.4 Å². The van der Waals surface area contributed by atoms with E-state index < -0.39 is 0 Å². The van der Waals surface area contributed by atoms with Crippen molar-refractivity contribution in [2.75, 3.05) is 12.0 Å². The first-order chi connectivity index (χ1) is 19.1. The number of imidazole rings is 1. The van der Waals surface area contributed by atoms with Crippen molar-refractivity contribution < 1.29 is 14.3 Å². The number of esters is 1. The minimum absolute atomic E-state index is 0.0215. The SMILES string of the molecule is COC(=O)c1ccc(-c2ccc(N(Cc3cncn3Cc3ccc(C#N)cc3)C(=O)C3CCCCC3)cc2)s1. The van der Waals surface area contributed by atoms with Gasteiger partial charge in [-0.1, -0.05) is 43.5 Å². The molecule has 0 spiro atoms. The van der Waals surface area contributed by atoms with Gasteiger partial charge in [-0.2, -0.15) is 5.26 Å². The van der Waals surface area contributed by atoms with Crippen LogP contribution in [0.5, 0.6) is 0 Å². The summed E-state index contributed by atoms with van der Waals surface area (Å²) in [6, 6.07) is 21.3. The van der Waals surface area contributed by atoms with E-state index in [4.69, 9.17) is 10.00 Å². The van der Waals surface area contributed by atoms with Crippen LogP contribution in [0.1, 0.15) is 58.6 Å². The third-order valence-electron chi connectivity index (χ3n) is 7.23.